The van der Waals surface area contributed by atoms with Gasteiger partial charge in [0, 0.05) is 28.2 Å². The summed E-state index contributed by atoms with van der Waals surface area (Å²) in [6, 6.07) is 15.2. The van der Waals surface area contributed by atoms with Crippen molar-refractivity contribution in [2.45, 2.75) is 6.92 Å². The average molecular weight is 291 g/mol. The molecule has 0 spiro atoms. The summed E-state index contributed by atoms with van der Waals surface area (Å²) in [6.45, 7) is 1.98. The second kappa shape index (κ2) is 5.73. The van der Waals surface area contributed by atoms with Crippen LogP contribution in [0.1, 0.15) is 5.56 Å². The summed E-state index contributed by atoms with van der Waals surface area (Å²) >= 11 is 0. The first-order valence-corrected chi connectivity index (χ1v) is 6.93. The maximum atomic E-state index is 5.85. The maximum Gasteiger partial charge on any atom is 0.137 e. The van der Waals surface area contributed by atoms with Crippen LogP contribution in [0.2, 0.25) is 0 Å². The molecule has 0 amide bonds. The molecule has 0 aliphatic carbocycles. The van der Waals surface area contributed by atoms with Crippen molar-refractivity contribution in [1.29, 1.82) is 0 Å². The van der Waals surface area contributed by atoms with Gasteiger partial charge in [-0.15, -0.1) is 0 Å². The van der Waals surface area contributed by atoms with Gasteiger partial charge in [0.25, 0.3) is 0 Å². The zero-order valence-electron chi connectivity index (χ0n) is 12.2. The minimum absolute atomic E-state index is 0.712. The molecule has 2 aromatic carbocycles. The van der Waals surface area contributed by atoms with Gasteiger partial charge in [-0.1, -0.05) is 12.1 Å². The fourth-order valence-electron chi connectivity index (χ4n) is 2.26. The van der Waals surface area contributed by atoms with E-state index in [1.807, 2.05) is 55.5 Å². The SMILES string of the molecule is Cc1c(Nc2ccc(N)cc2)ncnc1-c1cccc(N)c1. The van der Waals surface area contributed by atoms with E-state index in [0.29, 0.717) is 5.69 Å². The lowest BCUT2D eigenvalue weighted by molar-refractivity contribution is 1.14. The van der Waals surface area contributed by atoms with Crippen LogP contribution in [0.3, 0.4) is 0 Å². The van der Waals surface area contributed by atoms with E-state index in [1.165, 1.54) is 0 Å². The van der Waals surface area contributed by atoms with Crippen LogP contribution in [0.5, 0.6) is 0 Å². The van der Waals surface area contributed by atoms with Crippen molar-refractivity contribution in [2.24, 2.45) is 0 Å². The lowest BCUT2D eigenvalue weighted by atomic mass is 10.1. The number of nitrogen functional groups attached to an aromatic ring is 2. The molecule has 5 N–H and O–H groups in total. The number of nitrogens with two attached hydrogens (primary N) is 2. The minimum atomic E-state index is 0.712. The molecular weight excluding hydrogens is 274 g/mol. The zero-order chi connectivity index (χ0) is 15.5. The molecule has 0 fully saturated rings. The quantitative estimate of drug-likeness (QED) is 0.644. The van der Waals surface area contributed by atoms with Crippen molar-refractivity contribution in [3.63, 3.8) is 0 Å². The number of aromatic nitrogens is 2. The summed E-state index contributed by atoms with van der Waals surface area (Å²) in [5.74, 6) is 0.761. The molecule has 0 unspecified atom stereocenters. The monoisotopic (exact) mass is 291 g/mol. The standard InChI is InChI=1S/C17H17N5/c1-11-16(12-3-2-4-14(19)9-12)20-10-21-17(11)22-15-7-5-13(18)6-8-15/h2-10H,18-19H2,1H3,(H,20,21,22). The van der Waals surface area contributed by atoms with Crippen LogP contribution in [-0.2, 0) is 0 Å². The normalized spacial score (nSPS) is 10.4. The van der Waals surface area contributed by atoms with E-state index >= 15 is 0 Å². The van der Waals surface area contributed by atoms with Gasteiger partial charge in [0.1, 0.15) is 12.1 Å². The molecule has 1 heterocycles. The molecule has 0 atom stereocenters. The van der Waals surface area contributed by atoms with Crippen molar-refractivity contribution < 1.29 is 0 Å². The van der Waals surface area contributed by atoms with Gasteiger partial charge in [-0.25, -0.2) is 9.97 Å². The van der Waals surface area contributed by atoms with Crippen molar-refractivity contribution in [3.05, 3.63) is 60.4 Å². The molecule has 1 aromatic heterocycles. The van der Waals surface area contributed by atoms with Gasteiger partial charge < -0.3 is 16.8 Å². The topological polar surface area (TPSA) is 89.8 Å². The van der Waals surface area contributed by atoms with E-state index in [2.05, 4.69) is 15.3 Å². The second-order valence-corrected chi connectivity index (χ2v) is 5.07. The average Bonchev–Trinajstić information content (AvgIpc) is 2.51. The molecule has 5 nitrogen and oxygen atoms in total. The first-order chi connectivity index (χ1) is 10.6. The zero-order valence-corrected chi connectivity index (χ0v) is 12.2. The van der Waals surface area contributed by atoms with Crippen molar-refractivity contribution in [3.8, 4) is 11.3 Å². The van der Waals surface area contributed by atoms with Crippen LogP contribution in [-0.4, -0.2) is 9.97 Å². The summed E-state index contributed by atoms with van der Waals surface area (Å²) in [6.07, 6.45) is 1.55. The number of benzene rings is 2. The molecule has 5 heteroatoms. The Morgan fingerprint density at radius 3 is 2.41 bits per heavy atom. The largest absolute Gasteiger partial charge is 0.399 e. The van der Waals surface area contributed by atoms with E-state index in [1.54, 1.807) is 6.33 Å². The van der Waals surface area contributed by atoms with Gasteiger partial charge in [0.15, 0.2) is 0 Å². The van der Waals surface area contributed by atoms with Gasteiger partial charge in [-0.3, -0.25) is 0 Å². The van der Waals surface area contributed by atoms with Crippen LogP contribution in [0.4, 0.5) is 22.9 Å². The van der Waals surface area contributed by atoms with Crippen molar-refractivity contribution >= 4 is 22.9 Å². The summed E-state index contributed by atoms with van der Waals surface area (Å²) in [5.41, 5.74) is 16.7. The summed E-state index contributed by atoms with van der Waals surface area (Å²) in [4.78, 5) is 8.70. The van der Waals surface area contributed by atoms with Crippen LogP contribution >= 0.6 is 0 Å². The number of hydrogen-bond acceptors (Lipinski definition) is 5. The maximum absolute atomic E-state index is 5.85. The number of nitrogens with one attached hydrogen (secondary N) is 1. The van der Waals surface area contributed by atoms with E-state index in [4.69, 9.17) is 11.5 Å². The third kappa shape index (κ3) is 2.83. The molecule has 0 bridgehead atoms. The predicted octanol–water partition coefficient (Wildman–Crippen LogP) is 3.36. The summed E-state index contributed by atoms with van der Waals surface area (Å²) in [7, 11) is 0. The Kier molecular flexibility index (Phi) is 3.62. The highest BCUT2D eigenvalue weighted by Gasteiger charge is 2.09. The summed E-state index contributed by atoms with van der Waals surface area (Å²) in [5, 5.41) is 3.29. The Labute approximate surface area is 129 Å². The minimum Gasteiger partial charge on any atom is -0.399 e. The van der Waals surface area contributed by atoms with Gasteiger partial charge in [-0.2, -0.15) is 0 Å². The highest BCUT2D eigenvalue weighted by Crippen LogP contribution is 2.27. The first kappa shape index (κ1) is 13.9. The highest BCUT2D eigenvalue weighted by atomic mass is 15.0. The molecule has 3 rings (SSSR count). The van der Waals surface area contributed by atoms with E-state index in [0.717, 1.165) is 34.0 Å². The van der Waals surface area contributed by atoms with E-state index in [9.17, 15) is 0 Å². The Morgan fingerprint density at radius 1 is 0.909 bits per heavy atom. The second-order valence-electron chi connectivity index (χ2n) is 5.07. The number of nitrogens with zero attached hydrogens (tertiary/aromatic N) is 2. The predicted molar refractivity (Wildman–Crippen MR) is 90.8 cm³/mol. The molecular formula is C17H17N5. The van der Waals surface area contributed by atoms with Crippen LogP contribution in [0.15, 0.2) is 54.9 Å². The van der Waals surface area contributed by atoms with Crippen molar-refractivity contribution in [1.82, 2.24) is 9.97 Å². The highest BCUT2D eigenvalue weighted by molar-refractivity contribution is 5.72. The molecule has 110 valence electrons. The van der Waals surface area contributed by atoms with E-state index in [-0.39, 0.29) is 0 Å². The third-order valence-electron chi connectivity index (χ3n) is 3.42. The molecule has 0 radical (unpaired) electrons. The van der Waals surface area contributed by atoms with Crippen LogP contribution in [0.25, 0.3) is 11.3 Å². The molecule has 22 heavy (non-hydrogen) atoms. The summed E-state index contributed by atoms with van der Waals surface area (Å²) < 4.78 is 0. The van der Waals surface area contributed by atoms with Gasteiger partial charge in [0.05, 0.1) is 5.69 Å². The number of anilines is 4. The molecule has 0 saturated heterocycles. The van der Waals surface area contributed by atoms with Crippen LogP contribution in [0, 0.1) is 6.92 Å². The Balaban J connectivity index is 1.97. The van der Waals surface area contributed by atoms with Gasteiger partial charge in [-0.05, 0) is 43.3 Å². The molecule has 0 saturated carbocycles. The first-order valence-electron chi connectivity index (χ1n) is 6.93. The smallest absolute Gasteiger partial charge is 0.137 e. The Morgan fingerprint density at radius 2 is 1.68 bits per heavy atom. The lowest BCUT2D eigenvalue weighted by Crippen LogP contribution is -2.00. The molecule has 3 aromatic rings. The van der Waals surface area contributed by atoms with E-state index < -0.39 is 0 Å². The number of hydrogen-bond donors (Lipinski definition) is 3. The fourth-order valence-corrected chi connectivity index (χ4v) is 2.26. The third-order valence-corrected chi connectivity index (χ3v) is 3.42. The molecule has 0 aliphatic rings. The fraction of sp³-hybridized carbons (Fsp3) is 0.0588. The van der Waals surface area contributed by atoms with Gasteiger partial charge in [0.2, 0.25) is 0 Å². The Bertz CT molecular complexity index is 796. The van der Waals surface area contributed by atoms with Crippen molar-refractivity contribution in [2.75, 3.05) is 16.8 Å². The Hall–Kier alpha value is -3.08. The van der Waals surface area contributed by atoms with Crippen LogP contribution < -0.4 is 16.8 Å². The number of rotatable bonds is 3. The lowest BCUT2D eigenvalue weighted by Gasteiger charge is -2.12. The molecule has 0 aliphatic heterocycles. The van der Waals surface area contributed by atoms with Gasteiger partial charge >= 0.3 is 0 Å².